The van der Waals surface area contributed by atoms with Crippen molar-refractivity contribution in [1.82, 2.24) is 9.97 Å². The highest BCUT2D eigenvalue weighted by molar-refractivity contribution is 7.12. The van der Waals surface area contributed by atoms with Gasteiger partial charge in [-0.05, 0) is 12.0 Å². The summed E-state index contributed by atoms with van der Waals surface area (Å²) in [7, 11) is 3.56. The zero-order valence-electron chi connectivity index (χ0n) is 13.7. The van der Waals surface area contributed by atoms with Gasteiger partial charge < -0.3 is 14.5 Å². The fourth-order valence-corrected chi connectivity index (χ4v) is 3.56. The molecule has 0 saturated carbocycles. The first-order valence-corrected chi connectivity index (χ1v) is 8.42. The summed E-state index contributed by atoms with van der Waals surface area (Å²) < 4.78 is 5.20. The van der Waals surface area contributed by atoms with Crippen molar-refractivity contribution in [3.63, 3.8) is 0 Å². The van der Waals surface area contributed by atoms with Crippen molar-refractivity contribution in [3.05, 3.63) is 28.2 Å². The van der Waals surface area contributed by atoms with Crippen LogP contribution in [0.3, 0.4) is 0 Å². The molecule has 0 fully saturated rings. The number of amides is 1. The highest BCUT2D eigenvalue weighted by Crippen LogP contribution is 2.34. The molecule has 0 unspecified atom stereocenters. The minimum Gasteiger partial charge on any atom is -0.481 e. The van der Waals surface area contributed by atoms with E-state index >= 15 is 0 Å². The monoisotopic (exact) mass is 332 g/mol. The molecule has 6 nitrogen and oxygen atoms in total. The summed E-state index contributed by atoms with van der Waals surface area (Å²) in [6.45, 7) is 5.47. The molecule has 1 aliphatic rings. The molecule has 2 aromatic heterocycles. The van der Waals surface area contributed by atoms with E-state index in [0.717, 1.165) is 23.7 Å². The number of carbonyl (C=O) groups is 1. The highest BCUT2D eigenvalue weighted by Gasteiger charge is 2.30. The maximum Gasteiger partial charge on any atom is 0.270 e. The van der Waals surface area contributed by atoms with Crippen molar-refractivity contribution in [1.29, 1.82) is 0 Å². The van der Waals surface area contributed by atoms with Crippen LogP contribution in [0.4, 0.5) is 11.5 Å². The number of ether oxygens (including phenoxy) is 1. The van der Waals surface area contributed by atoms with E-state index in [9.17, 15) is 4.79 Å². The second-order valence-corrected chi connectivity index (χ2v) is 6.65. The predicted octanol–water partition coefficient (Wildman–Crippen LogP) is 2.77. The van der Waals surface area contributed by atoms with Gasteiger partial charge in [-0.15, -0.1) is 11.3 Å². The van der Waals surface area contributed by atoms with Crippen LogP contribution in [0.25, 0.3) is 0 Å². The molecule has 23 heavy (non-hydrogen) atoms. The van der Waals surface area contributed by atoms with Gasteiger partial charge in [-0.1, -0.05) is 13.8 Å². The SMILES string of the molecule is COc1ccc2c(n1)N(C)CCN2C(=O)c1scnc1C(C)C. The van der Waals surface area contributed by atoms with Crippen LogP contribution in [0.1, 0.15) is 35.1 Å². The number of aromatic nitrogens is 2. The predicted molar refractivity (Wildman–Crippen MR) is 91.9 cm³/mol. The van der Waals surface area contributed by atoms with Crippen LogP contribution in [-0.4, -0.2) is 43.1 Å². The minimum atomic E-state index is -0.00230. The standard InChI is InChI=1S/C16H20N4O2S/c1-10(2)13-14(23-9-17-13)16(21)20-8-7-19(3)15-11(20)5-6-12(18-15)22-4/h5-6,9-10H,7-8H2,1-4H3. The smallest absolute Gasteiger partial charge is 0.270 e. The normalized spacial score (nSPS) is 14.1. The zero-order chi connectivity index (χ0) is 16.6. The van der Waals surface area contributed by atoms with E-state index in [-0.39, 0.29) is 11.8 Å². The Morgan fingerprint density at radius 1 is 1.35 bits per heavy atom. The van der Waals surface area contributed by atoms with Crippen molar-refractivity contribution in [3.8, 4) is 5.88 Å². The Morgan fingerprint density at radius 2 is 2.13 bits per heavy atom. The van der Waals surface area contributed by atoms with Crippen molar-refractivity contribution >= 4 is 28.7 Å². The first kappa shape index (κ1) is 15.7. The molecule has 3 rings (SSSR count). The molecule has 0 atom stereocenters. The number of likely N-dealkylation sites (N-methyl/N-ethyl adjacent to an activating group) is 1. The lowest BCUT2D eigenvalue weighted by atomic mass is 10.1. The fourth-order valence-electron chi connectivity index (χ4n) is 2.66. The van der Waals surface area contributed by atoms with Crippen molar-refractivity contribution in [2.24, 2.45) is 0 Å². The Labute approximate surface area is 139 Å². The Hall–Kier alpha value is -2.15. The number of pyridine rings is 1. The van der Waals surface area contributed by atoms with Gasteiger partial charge in [-0.2, -0.15) is 4.98 Å². The molecule has 0 aromatic carbocycles. The summed E-state index contributed by atoms with van der Waals surface area (Å²) in [5, 5.41) is 0. The summed E-state index contributed by atoms with van der Waals surface area (Å²) in [5.74, 6) is 1.53. The molecule has 2 aromatic rings. The molecule has 0 bridgehead atoms. The Morgan fingerprint density at radius 3 is 2.83 bits per heavy atom. The van der Waals surface area contributed by atoms with E-state index in [1.807, 2.05) is 18.0 Å². The topological polar surface area (TPSA) is 58.6 Å². The van der Waals surface area contributed by atoms with E-state index in [1.54, 1.807) is 23.6 Å². The lowest BCUT2D eigenvalue weighted by molar-refractivity contribution is 0.0989. The van der Waals surface area contributed by atoms with E-state index in [4.69, 9.17) is 4.74 Å². The quantitative estimate of drug-likeness (QED) is 0.865. The molecule has 122 valence electrons. The second-order valence-electron chi connectivity index (χ2n) is 5.80. The van der Waals surface area contributed by atoms with Crippen LogP contribution in [0.15, 0.2) is 17.6 Å². The van der Waals surface area contributed by atoms with Gasteiger partial charge in [0.2, 0.25) is 5.88 Å². The second kappa shape index (κ2) is 6.16. The summed E-state index contributed by atoms with van der Waals surface area (Å²) in [4.78, 5) is 26.4. The van der Waals surface area contributed by atoms with E-state index < -0.39 is 0 Å². The Bertz CT molecular complexity index is 729. The molecular formula is C16H20N4O2S. The molecule has 0 aliphatic carbocycles. The average Bonchev–Trinajstić information content (AvgIpc) is 3.04. The molecule has 1 aliphatic heterocycles. The lowest BCUT2D eigenvalue weighted by Crippen LogP contribution is -2.43. The average molecular weight is 332 g/mol. The number of nitrogens with zero attached hydrogens (tertiary/aromatic N) is 4. The number of hydrogen-bond acceptors (Lipinski definition) is 6. The summed E-state index contributed by atoms with van der Waals surface area (Å²) in [5.41, 5.74) is 3.42. The summed E-state index contributed by atoms with van der Waals surface area (Å²) >= 11 is 1.40. The number of thiazole rings is 1. The van der Waals surface area contributed by atoms with Gasteiger partial charge >= 0.3 is 0 Å². The lowest BCUT2D eigenvalue weighted by Gasteiger charge is -2.34. The van der Waals surface area contributed by atoms with Crippen LogP contribution >= 0.6 is 11.3 Å². The Kier molecular flexibility index (Phi) is 4.21. The molecule has 7 heteroatoms. The van der Waals surface area contributed by atoms with E-state index in [2.05, 4.69) is 23.8 Å². The number of carbonyl (C=O) groups excluding carboxylic acids is 1. The van der Waals surface area contributed by atoms with Gasteiger partial charge in [-0.25, -0.2) is 4.98 Å². The van der Waals surface area contributed by atoms with Crippen molar-refractivity contribution in [2.45, 2.75) is 19.8 Å². The van der Waals surface area contributed by atoms with Gasteiger partial charge in [-0.3, -0.25) is 4.79 Å². The molecular weight excluding hydrogens is 312 g/mol. The first-order chi connectivity index (χ1) is 11.0. The molecule has 3 heterocycles. The molecule has 1 amide bonds. The van der Waals surface area contributed by atoms with Crippen LogP contribution in [0.5, 0.6) is 5.88 Å². The zero-order valence-corrected chi connectivity index (χ0v) is 14.6. The van der Waals surface area contributed by atoms with Gasteiger partial charge in [0.25, 0.3) is 5.91 Å². The van der Waals surface area contributed by atoms with Gasteiger partial charge in [0.05, 0.1) is 24.0 Å². The van der Waals surface area contributed by atoms with Crippen molar-refractivity contribution in [2.75, 3.05) is 37.0 Å². The third-order valence-corrected chi connectivity index (χ3v) is 4.76. The van der Waals surface area contributed by atoms with E-state index in [1.165, 1.54) is 11.3 Å². The summed E-state index contributed by atoms with van der Waals surface area (Å²) in [6, 6.07) is 3.68. The first-order valence-electron chi connectivity index (χ1n) is 7.54. The van der Waals surface area contributed by atoms with Gasteiger partial charge in [0.15, 0.2) is 5.82 Å². The number of methoxy groups -OCH3 is 1. The number of anilines is 2. The fraction of sp³-hybridized carbons (Fsp3) is 0.438. The highest BCUT2D eigenvalue weighted by atomic mass is 32.1. The third kappa shape index (κ3) is 2.76. The molecule has 0 saturated heterocycles. The molecule has 0 N–H and O–H groups in total. The van der Waals surface area contributed by atoms with Crippen LogP contribution in [-0.2, 0) is 0 Å². The maximum absolute atomic E-state index is 13.0. The number of rotatable bonds is 3. The van der Waals surface area contributed by atoms with Crippen LogP contribution in [0.2, 0.25) is 0 Å². The minimum absolute atomic E-state index is 0.00230. The Balaban J connectivity index is 2.00. The maximum atomic E-state index is 13.0. The molecule has 0 spiro atoms. The largest absolute Gasteiger partial charge is 0.481 e. The third-order valence-electron chi connectivity index (χ3n) is 3.93. The number of fused-ring (bicyclic) bond motifs is 1. The van der Waals surface area contributed by atoms with Crippen molar-refractivity contribution < 1.29 is 9.53 Å². The van der Waals surface area contributed by atoms with Crippen LogP contribution < -0.4 is 14.5 Å². The van der Waals surface area contributed by atoms with Gasteiger partial charge in [0, 0.05) is 26.2 Å². The van der Waals surface area contributed by atoms with Crippen LogP contribution in [0, 0.1) is 0 Å². The molecule has 0 radical (unpaired) electrons. The summed E-state index contributed by atoms with van der Waals surface area (Å²) in [6.07, 6.45) is 0. The van der Waals surface area contributed by atoms with E-state index in [0.29, 0.717) is 17.3 Å². The van der Waals surface area contributed by atoms with Gasteiger partial charge in [0.1, 0.15) is 4.88 Å². The number of hydrogen-bond donors (Lipinski definition) is 0.